The molecule has 148 valence electrons. The van der Waals surface area contributed by atoms with Gasteiger partial charge in [0.1, 0.15) is 6.23 Å². The minimum absolute atomic E-state index is 0.187. The first-order chi connectivity index (χ1) is 12.9. The fourth-order valence-electron chi connectivity index (χ4n) is 3.03. The molecule has 3 N–H and O–H groups in total. The Hall–Kier alpha value is -2.03. The number of alkyl halides is 3. The largest absolute Gasteiger partial charge is 0.417 e. The number of anilines is 1. The summed E-state index contributed by atoms with van der Waals surface area (Å²) in [4.78, 5) is 1.26. The number of hydrogen-bond donors (Lipinski definition) is 3. The number of aliphatic hydroxyl groups excluding tert-OH is 1. The van der Waals surface area contributed by atoms with Gasteiger partial charge in [0.25, 0.3) is 0 Å². The molecule has 2 atom stereocenters. The molecule has 8 heteroatoms. The molecular weight excluding hydrogens is 359 g/mol. The predicted molar refractivity (Wildman–Crippen MR) is 97.0 cm³/mol. The van der Waals surface area contributed by atoms with Gasteiger partial charge in [-0.05, 0) is 36.3 Å². The van der Waals surface area contributed by atoms with Gasteiger partial charge in [0.15, 0.2) is 0 Å². The average molecular weight is 383 g/mol. The van der Waals surface area contributed by atoms with Crippen LogP contribution in [0.4, 0.5) is 18.9 Å². The van der Waals surface area contributed by atoms with Crippen molar-refractivity contribution in [1.29, 1.82) is 0 Å². The molecule has 1 fully saturated rings. The van der Waals surface area contributed by atoms with E-state index in [1.165, 1.54) is 4.90 Å². The number of hydrogen-bond acceptors (Lipinski definition) is 5. The van der Waals surface area contributed by atoms with E-state index in [0.29, 0.717) is 0 Å². The number of allylic oxidation sites excluding steroid dienone is 2. The van der Waals surface area contributed by atoms with Crippen molar-refractivity contribution in [3.8, 4) is 0 Å². The second kappa shape index (κ2) is 8.77. The standard InChI is InChI=1S/C19H24F3N3O2/c20-19(21,22)15-3-6-18(26)25(13-15)12-14-1-4-16(5-2-14)24-8-7-17-11-23-9-10-27-17/h1-6,13,17-18,23-24,26H,7-12H2. The topological polar surface area (TPSA) is 56.8 Å². The fraction of sp³-hybridized carbons (Fsp3) is 0.474. The van der Waals surface area contributed by atoms with Crippen LogP contribution in [0.1, 0.15) is 12.0 Å². The zero-order chi connectivity index (χ0) is 19.3. The molecule has 0 aromatic heterocycles. The quantitative estimate of drug-likeness (QED) is 0.705. The maximum absolute atomic E-state index is 12.8. The number of aliphatic hydroxyl groups is 1. The van der Waals surface area contributed by atoms with E-state index in [0.717, 1.165) is 62.3 Å². The fourth-order valence-corrected chi connectivity index (χ4v) is 3.03. The predicted octanol–water partition coefficient (Wildman–Crippen LogP) is 2.61. The lowest BCUT2D eigenvalue weighted by Crippen LogP contribution is -2.39. The normalized spacial score (nSPS) is 23.3. The Bertz CT molecular complexity index is 668. The van der Waals surface area contributed by atoms with Gasteiger partial charge in [0.05, 0.1) is 18.3 Å². The number of benzene rings is 1. The van der Waals surface area contributed by atoms with Gasteiger partial charge in [-0.1, -0.05) is 12.1 Å². The highest BCUT2D eigenvalue weighted by Crippen LogP contribution is 2.30. The lowest BCUT2D eigenvalue weighted by Gasteiger charge is -2.29. The average Bonchev–Trinajstić information content (AvgIpc) is 2.65. The Morgan fingerprint density at radius 1 is 1.26 bits per heavy atom. The van der Waals surface area contributed by atoms with Crippen molar-refractivity contribution in [2.24, 2.45) is 0 Å². The lowest BCUT2D eigenvalue weighted by atomic mass is 10.1. The summed E-state index contributed by atoms with van der Waals surface area (Å²) in [5, 5.41) is 16.5. The van der Waals surface area contributed by atoms with Gasteiger partial charge in [-0.15, -0.1) is 0 Å². The molecule has 2 aliphatic heterocycles. The number of halogens is 3. The molecule has 2 aliphatic rings. The lowest BCUT2D eigenvalue weighted by molar-refractivity contribution is -0.0911. The first-order valence-electron chi connectivity index (χ1n) is 8.98. The van der Waals surface area contributed by atoms with Crippen LogP contribution >= 0.6 is 0 Å². The number of nitrogens with one attached hydrogen (secondary N) is 2. The van der Waals surface area contributed by atoms with Gasteiger partial charge < -0.3 is 25.4 Å². The van der Waals surface area contributed by atoms with E-state index in [1.54, 1.807) is 0 Å². The molecule has 3 rings (SSSR count). The van der Waals surface area contributed by atoms with E-state index < -0.39 is 18.0 Å². The summed E-state index contributed by atoms with van der Waals surface area (Å²) in [6.07, 6.45) is -1.39. The van der Waals surface area contributed by atoms with Crippen LogP contribution in [0.5, 0.6) is 0 Å². The molecule has 27 heavy (non-hydrogen) atoms. The Kier molecular flexibility index (Phi) is 6.41. The summed E-state index contributed by atoms with van der Waals surface area (Å²) in [5.41, 5.74) is 0.978. The maximum atomic E-state index is 12.8. The third-order valence-electron chi connectivity index (χ3n) is 4.54. The maximum Gasteiger partial charge on any atom is 0.417 e. The van der Waals surface area contributed by atoms with Crippen LogP contribution in [0.25, 0.3) is 0 Å². The molecule has 0 spiro atoms. The molecular formula is C19H24F3N3O2. The van der Waals surface area contributed by atoms with Crippen molar-refractivity contribution in [1.82, 2.24) is 10.2 Å². The van der Waals surface area contributed by atoms with E-state index in [1.807, 2.05) is 24.3 Å². The van der Waals surface area contributed by atoms with E-state index in [2.05, 4.69) is 10.6 Å². The molecule has 1 aromatic carbocycles. The van der Waals surface area contributed by atoms with Gasteiger partial charge in [0, 0.05) is 38.1 Å². The Balaban J connectivity index is 1.51. The molecule has 5 nitrogen and oxygen atoms in total. The molecule has 0 amide bonds. The molecule has 2 heterocycles. The molecule has 2 unspecified atom stereocenters. The van der Waals surface area contributed by atoms with Crippen molar-refractivity contribution >= 4 is 5.69 Å². The van der Waals surface area contributed by atoms with Crippen LogP contribution in [-0.4, -0.2) is 54.8 Å². The molecule has 1 aromatic rings. The highest BCUT2D eigenvalue weighted by atomic mass is 19.4. The van der Waals surface area contributed by atoms with E-state index in [-0.39, 0.29) is 12.6 Å². The van der Waals surface area contributed by atoms with Crippen molar-refractivity contribution in [2.45, 2.75) is 31.5 Å². The minimum atomic E-state index is -4.43. The second-order valence-electron chi connectivity index (χ2n) is 6.64. The summed E-state index contributed by atoms with van der Waals surface area (Å²) in [7, 11) is 0. The third kappa shape index (κ3) is 5.72. The Labute approximate surface area is 156 Å². The number of ether oxygens (including phenoxy) is 1. The van der Waals surface area contributed by atoms with Crippen LogP contribution in [0.15, 0.2) is 48.2 Å². The molecule has 0 saturated carbocycles. The third-order valence-corrected chi connectivity index (χ3v) is 4.54. The van der Waals surface area contributed by atoms with Crippen LogP contribution in [0.3, 0.4) is 0 Å². The summed E-state index contributed by atoms with van der Waals surface area (Å²) < 4.78 is 44.2. The smallest absolute Gasteiger partial charge is 0.385 e. The summed E-state index contributed by atoms with van der Waals surface area (Å²) >= 11 is 0. The monoisotopic (exact) mass is 383 g/mol. The number of morpholine rings is 1. The first kappa shape index (κ1) is 19.7. The van der Waals surface area contributed by atoms with E-state index in [4.69, 9.17) is 4.74 Å². The van der Waals surface area contributed by atoms with Crippen LogP contribution in [0, 0.1) is 0 Å². The summed E-state index contributed by atoms with van der Waals surface area (Å²) in [5.74, 6) is 0. The Morgan fingerprint density at radius 3 is 2.70 bits per heavy atom. The minimum Gasteiger partial charge on any atom is -0.385 e. The van der Waals surface area contributed by atoms with Crippen molar-refractivity contribution in [2.75, 3.05) is 31.6 Å². The van der Waals surface area contributed by atoms with Crippen molar-refractivity contribution < 1.29 is 23.0 Å². The van der Waals surface area contributed by atoms with Crippen molar-refractivity contribution in [3.63, 3.8) is 0 Å². The summed E-state index contributed by atoms with van der Waals surface area (Å²) in [6, 6.07) is 7.45. The van der Waals surface area contributed by atoms with Gasteiger partial charge in [-0.25, -0.2) is 0 Å². The first-order valence-corrected chi connectivity index (χ1v) is 8.98. The second-order valence-corrected chi connectivity index (χ2v) is 6.64. The van der Waals surface area contributed by atoms with Crippen LogP contribution < -0.4 is 10.6 Å². The zero-order valence-electron chi connectivity index (χ0n) is 14.9. The van der Waals surface area contributed by atoms with Crippen molar-refractivity contribution in [3.05, 3.63) is 53.8 Å². The summed E-state index contributed by atoms with van der Waals surface area (Å²) in [6.45, 7) is 3.46. The number of rotatable bonds is 6. The van der Waals surface area contributed by atoms with E-state index >= 15 is 0 Å². The Morgan fingerprint density at radius 2 is 2.04 bits per heavy atom. The molecule has 0 bridgehead atoms. The SMILES string of the molecule is OC1C=CC(C(F)(F)F)=CN1Cc1ccc(NCCC2CNCCO2)cc1. The van der Waals surface area contributed by atoms with Gasteiger partial charge in [0.2, 0.25) is 0 Å². The van der Waals surface area contributed by atoms with Crippen LogP contribution in [0.2, 0.25) is 0 Å². The van der Waals surface area contributed by atoms with Gasteiger partial charge in [-0.3, -0.25) is 0 Å². The molecule has 0 aliphatic carbocycles. The highest BCUT2D eigenvalue weighted by molar-refractivity contribution is 5.44. The van der Waals surface area contributed by atoms with Gasteiger partial charge >= 0.3 is 6.18 Å². The van der Waals surface area contributed by atoms with Gasteiger partial charge in [-0.2, -0.15) is 13.2 Å². The van der Waals surface area contributed by atoms with E-state index in [9.17, 15) is 18.3 Å². The molecule has 0 radical (unpaired) electrons. The molecule has 1 saturated heterocycles. The zero-order valence-corrected chi connectivity index (χ0v) is 14.9. The number of nitrogens with zero attached hydrogens (tertiary/aromatic N) is 1. The van der Waals surface area contributed by atoms with Crippen LogP contribution in [-0.2, 0) is 11.3 Å². The highest BCUT2D eigenvalue weighted by Gasteiger charge is 2.34.